The first-order chi connectivity index (χ1) is 15.8. The van der Waals surface area contributed by atoms with Crippen LogP contribution >= 0.6 is 0 Å². The van der Waals surface area contributed by atoms with Crippen LogP contribution in [0.1, 0.15) is 41.3 Å². The highest BCUT2D eigenvalue weighted by Gasteiger charge is 2.27. The van der Waals surface area contributed by atoms with E-state index >= 15 is 0 Å². The lowest BCUT2D eigenvalue weighted by Crippen LogP contribution is -2.51. The van der Waals surface area contributed by atoms with Crippen LogP contribution < -0.4 is 19.9 Å². The highest BCUT2D eigenvalue weighted by Crippen LogP contribution is 2.32. The predicted molar refractivity (Wildman–Crippen MR) is 127 cm³/mol. The molecule has 1 heterocycles. The summed E-state index contributed by atoms with van der Waals surface area (Å²) in [6.07, 6.45) is 0. The van der Waals surface area contributed by atoms with Crippen molar-refractivity contribution in [1.82, 2.24) is 9.80 Å². The van der Waals surface area contributed by atoms with Crippen molar-refractivity contribution in [3.8, 4) is 17.2 Å². The van der Waals surface area contributed by atoms with Gasteiger partial charge in [0.2, 0.25) is 0 Å². The number of carbonyl (C=O) groups is 2. The molecule has 8 nitrogen and oxygen atoms in total. The van der Waals surface area contributed by atoms with Crippen molar-refractivity contribution in [3.63, 3.8) is 0 Å². The lowest BCUT2D eigenvalue weighted by molar-refractivity contribution is -0.134. The van der Waals surface area contributed by atoms with Crippen molar-refractivity contribution in [2.24, 2.45) is 0 Å². The molecule has 0 spiro atoms. The van der Waals surface area contributed by atoms with Gasteiger partial charge >= 0.3 is 0 Å². The van der Waals surface area contributed by atoms with Crippen LogP contribution in [0.25, 0.3) is 0 Å². The molecule has 2 N–H and O–H groups in total. The third-order valence-electron chi connectivity index (χ3n) is 5.93. The molecule has 1 saturated heterocycles. The zero-order chi connectivity index (χ0) is 24.1. The molecule has 0 aromatic heterocycles. The van der Waals surface area contributed by atoms with Gasteiger partial charge < -0.3 is 29.7 Å². The van der Waals surface area contributed by atoms with Crippen LogP contribution in [0.4, 0.5) is 5.69 Å². The molecule has 2 aromatic rings. The molecule has 0 atom stereocenters. The molecule has 178 valence electrons. The zero-order valence-corrected chi connectivity index (χ0v) is 20.0. The van der Waals surface area contributed by atoms with Gasteiger partial charge in [-0.2, -0.15) is 0 Å². The van der Waals surface area contributed by atoms with Crippen molar-refractivity contribution in [2.75, 3.05) is 52.7 Å². The second kappa shape index (κ2) is 10.5. The Balaban J connectivity index is 1.58. The molecule has 2 aromatic carbocycles. The zero-order valence-electron chi connectivity index (χ0n) is 20.0. The fraction of sp³-hybridized carbons (Fsp3) is 0.440. The smallest absolute Gasteiger partial charge is 0.260 e. The summed E-state index contributed by atoms with van der Waals surface area (Å²) in [5, 5.41) is 0. The molecular weight excluding hydrogens is 422 g/mol. The van der Waals surface area contributed by atoms with Crippen LogP contribution in [0.3, 0.4) is 0 Å². The number of nitrogen functional groups attached to an aromatic ring is 1. The summed E-state index contributed by atoms with van der Waals surface area (Å²) in [5.41, 5.74) is 9.31. The van der Waals surface area contributed by atoms with Gasteiger partial charge in [-0.3, -0.25) is 9.59 Å². The second-order valence-corrected chi connectivity index (χ2v) is 8.40. The number of hydrogen-bond acceptors (Lipinski definition) is 6. The molecule has 3 rings (SSSR count). The number of benzene rings is 2. The average molecular weight is 456 g/mol. The van der Waals surface area contributed by atoms with Crippen LogP contribution in [-0.2, 0) is 4.79 Å². The Morgan fingerprint density at radius 2 is 1.70 bits per heavy atom. The number of rotatable bonds is 7. The van der Waals surface area contributed by atoms with E-state index in [1.807, 2.05) is 19.1 Å². The molecule has 0 aliphatic carbocycles. The Kier molecular flexibility index (Phi) is 7.68. The summed E-state index contributed by atoms with van der Waals surface area (Å²) < 4.78 is 16.5. The van der Waals surface area contributed by atoms with Crippen LogP contribution in [-0.4, -0.2) is 68.6 Å². The minimum Gasteiger partial charge on any atom is -0.493 e. The first-order valence-electron chi connectivity index (χ1n) is 11.1. The van der Waals surface area contributed by atoms with Crippen molar-refractivity contribution in [3.05, 3.63) is 47.0 Å². The van der Waals surface area contributed by atoms with E-state index in [2.05, 4.69) is 13.8 Å². The molecule has 1 fully saturated rings. The van der Waals surface area contributed by atoms with E-state index in [1.165, 1.54) is 14.2 Å². The fourth-order valence-corrected chi connectivity index (χ4v) is 3.97. The number of nitrogens with two attached hydrogens (primary N) is 1. The number of nitrogens with zero attached hydrogens (tertiary/aromatic N) is 2. The molecule has 0 saturated carbocycles. The third-order valence-corrected chi connectivity index (χ3v) is 5.93. The van der Waals surface area contributed by atoms with Crippen LogP contribution in [0, 0.1) is 6.92 Å². The summed E-state index contributed by atoms with van der Waals surface area (Å²) in [6.45, 7) is 7.77. The van der Waals surface area contributed by atoms with Gasteiger partial charge in [-0.25, -0.2) is 0 Å². The molecule has 0 bridgehead atoms. The molecule has 0 radical (unpaired) electrons. The van der Waals surface area contributed by atoms with Crippen molar-refractivity contribution in [1.29, 1.82) is 0 Å². The van der Waals surface area contributed by atoms with E-state index in [1.54, 1.807) is 28.0 Å². The van der Waals surface area contributed by atoms with E-state index in [0.717, 1.165) is 16.8 Å². The van der Waals surface area contributed by atoms with Gasteiger partial charge in [-0.1, -0.05) is 19.9 Å². The van der Waals surface area contributed by atoms with E-state index in [0.29, 0.717) is 49.0 Å². The Morgan fingerprint density at radius 3 is 2.30 bits per heavy atom. The number of piperazine rings is 1. The first-order valence-corrected chi connectivity index (χ1v) is 11.1. The summed E-state index contributed by atoms with van der Waals surface area (Å²) in [4.78, 5) is 29.2. The van der Waals surface area contributed by atoms with Crippen LogP contribution in [0.15, 0.2) is 30.3 Å². The van der Waals surface area contributed by atoms with E-state index in [4.69, 9.17) is 19.9 Å². The number of anilines is 1. The van der Waals surface area contributed by atoms with Gasteiger partial charge in [0.15, 0.2) is 18.1 Å². The molecular formula is C25H33N3O5. The maximum Gasteiger partial charge on any atom is 0.260 e. The standard InChI is InChI=1S/C25H33N3O5/c1-16(2)20-14-18(13-17(3)23(20)26)33-15-22(29)27-9-11-28(12-10-27)25(30)19-7-6-8-21(31-4)24(19)32-5/h6-8,13-14,16H,9-12,15,26H2,1-5H3. The SMILES string of the molecule is COc1cccc(C(=O)N2CCN(C(=O)COc3cc(C)c(N)c(C(C)C)c3)CC2)c1OC. The second-order valence-electron chi connectivity index (χ2n) is 8.40. The van der Waals surface area contributed by atoms with E-state index in [9.17, 15) is 9.59 Å². The number of aryl methyl sites for hydroxylation is 1. The van der Waals surface area contributed by atoms with Gasteiger partial charge in [0.1, 0.15) is 5.75 Å². The summed E-state index contributed by atoms with van der Waals surface area (Å²) in [6, 6.07) is 8.98. The summed E-state index contributed by atoms with van der Waals surface area (Å²) >= 11 is 0. The minimum absolute atomic E-state index is 0.0570. The number of amides is 2. The molecule has 0 unspecified atom stereocenters. The number of methoxy groups -OCH3 is 2. The van der Waals surface area contributed by atoms with Gasteiger partial charge in [0, 0.05) is 31.9 Å². The molecule has 2 amide bonds. The maximum absolute atomic E-state index is 13.0. The van der Waals surface area contributed by atoms with Crippen molar-refractivity contribution in [2.45, 2.75) is 26.7 Å². The third kappa shape index (κ3) is 5.32. The number of ether oxygens (including phenoxy) is 3. The number of para-hydroxylation sites is 1. The lowest BCUT2D eigenvalue weighted by Gasteiger charge is -2.35. The van der Waals surface area contributed by atoms with Gasteiger partial charge in [-0.05, 0) is 48.2 Å². The number of hydrogen-bond donors (Lipinski definition) is 1. The molecule has 1 aliphatic heterocycles. The molecule has 1 aliphatic rings. The highest BCUT2D eigenvalue weighted by atomic mass is 16.5. The van der Waals surface area contributed by atoms with E-state index in [-0.39, 0.29) is 24.3 Å². The van der Waals surface area contributed by atoms with Crippen molar-refractivity contribution < 1.29 is 23.8 Å². The summed E-state index contributed by atoms with van der Waals surface area (Å²) in [5.74, 6) is 1.56. The first kappa shape index (κ1) is 24.2. The summed E-state index contributed by atoms with van der Waals surface area (Å²) in [7, 11) is 3.05. The highest BCUT2D eigenvalue weighted by molar-refractivity contribution is 5.98. The Bertz CT molecular complexity index is 1010. The average Bonchev–Trinajstić information content (AvgIpc) is 2.83. The topological polar surface area (TPSA) is 94.3 Å². The Hall–Kier alpha value is -3.42. The quantitative estimate of drug-likeness (QED) is 0.645. The maximum atomic E-state index is 13.0. The van der Waals surface area contributed by atoms with Crippen LogP contribution in [0.5, 0.6) is 17.2 Å². The van der Waals surface area contributed by atoms with Crippen LogP contribution in [0.2, 0.25) is 0 Å². The normalized spacial score (nSPS) is 13.8. The van der Waals surface area contributed by atoms with Gasteiger partial charge in [-0.15, -0.1) is 0 Å². The lowest BCUT2D eigenvalue weighted by atomic mass is 9.98. The molecule has 8 heteroatoms. The molecule has 33 heavy (non-hydrogen) atoms. The van der Waals surface area contributed by atoms with Gasteiger partial charge in [0.05, 0.1) is 19.8 Å². The fourth-order valence-electron chi connectivity index (χ4n) is 3.97. The van der Waals surface area contributed by atoms with Crippen molar-refractivity contribution >= 4 is 17.5 Å². The largest absolute Gasteiger partial charge is 0.493 e. The number of carbonyl (C=O) groups excluding carboxylic acids is 2. The minimum atomic E-state index is -0.146. The monoisotopic (exact) mass is 455 g/mol. The Morgan fingerprint density at radius 1 is 1.03 bits per heavy atom. The Labute approximate surface area is 195 Å². The van der Waals surface area contributed by atoms with Gasteiger partial charge in [0.25, 0.3) is 11.8 Å². The predicted octanol–water partition coefficient (Wildman–Crippen LogP) is 3.08. The van der Waals surface area contributed by atoms with E-state index < -0.39 is 0 Å².